The third-order valence-electron chi connectivity index (χ3n) is 4.55. The molecule has 2 aromatic heterocycles. The molecule has 0 bridgehead atoms. The zero-order valence-corrected chi connectivity index (χ0v) is 16.5. The Bertz CT molecular complexity index is 1240. The number of pyridine rings is 1. The van der Waals surface area contributed by atoms with Gasteiger partial charge in [0.2, 0.25) is 0 Å². The van der Waals surface area contributed by atoms with Crippen LogP contribution in [-0.4, -0.2) is 26.6 Å². The summed E-state index contributed by atoms with van der Waals surface area (Å²) in [6.45, 7) is 1.94. The largest absolute Gasteiger partial charge is 0.273 e. The van der Waals surface area contributed by atoms with Crippen LogP contribution in [0.15, 0.2) is 79.3 Å². The summed E-state index contributed by atoms with van der Waals surface area (Å²) >= 11 is 0. The maximum atomic E-state index is 13.3. The molecule has 31 heavy (non-hydrogen) atoms. The summed E-state index contributed by atoms with van der Waals surface area (Å²) in [5, 5.41) is 4.54. The first-order valence-electron chi connectivity index (χ1n) is 9.44. The number of nitrogens with zero attached hydrogens (tertiary/aromatic N) is 3. The van der Waals surface area contributed by atoms with Gasteiger partial charge in [-0.3, -0.25) is 25.4 Å². The molecule has 0 atom stereocenters. The van der Waals surface area contributed by atoms with Crippen LogP contribution in [0.25, 0.3) is 16.9 Å². The van der Waals surface area contributed by atoms with Gasteiger partial charge in [-0.25, -0.2) is 9.07 Å². The third kappa shape index (κ3) is 4.48. The number of nitrogens with one attached hydrogen (secondary N) is 2. The van der Waals surface area contributed by atoms with Crippen LogP contribution in [0.2, 0.25) is 0 Å². The third-order valence-corrected chi connectivity index (χ3v) is 4.55. The van der Waals surface area contributed by atoms with E-state index in [9.17, 15) is 14.0 Å². The van der Waals surface area contributed by atoms with Crippen molar-refractivity contribution in [2.24, 2.45) is 0 Å². The van der Waals surface area contributed by atoms with Crippen molar-refractivity contribution in [3.05, 3.63) is 102 Å². The molecule has 8 heteroatoms. The van der Waals surface area contributed by atoms with Crippen LogP contribution in [0.3, 0.4) is 0 Å². The van der Waals surface area contributed by atoms with E-state index in [1.165, 1.54) is 29.2 Å². The molecule has 0 unspecified atom stereocenters. The van der Waals surface area contributed by atoms with Gasteiger partial charge in [0.15, 0.2) is 0 Å². The van der Waals surface area contributed by atoms with Crippen molar-refractivity contribution in [1.29, 1.82) is 0 Å². The average molecular weight is 415 g/mol. The topological polar surface area (TPSA) is 88.9 Å². The number of hydrogen-bond donors (Lipinski definition) is 2. The second kappa shape index (κ2) is 8.58. The lowest BCUT2D eigenvalue weighted by atomic mass is 10.1. The second-order valence-electron chi connectivity index (χ2n) is 6.83. The lowest BCUT2D eigenvalue weighted by Crippen LogP contribution is -2.41. The highest BCUT2D eigenvalue weighted by atomic mass is 19.1. The van der Waals surface area contributed by atoms with E-state index in [0.717, 1.165) is 11.1 Å². The van der Waals surface area contributed by atoms with Gasteiger partial charge in [-0.1, -0.05) is 23.8 Å². The zero-order valence-electron chi connectivity index (χ0n) is 16.5. The smallest absolute Gasteiger partial charge is 0.267 e. The van der Waals surface area contributed by atoms with Crippen LogP contribution in [0.4, 0.5) is 4.39 Å². The standard InChI is InChI=1S/C23H18FN5O2/c1-15-4-2-5-16(12-15)21-20(14-29(28-21)19-9-7-18(24)8-10-19)23(31)27-26-22(30)17-6-3-11-25-13-17/h2-14H,1H3,(H,26,30)(H,27,31). The van der Waals surface area contributed by atoms with Crippen molar-refractivity contribution in [2.75, 3.05) is 0 Å². The van der Waals surface area contributed by atoms with Gasteiger partial charge in [-0.05, 0) is 49.4 Å². The minimum atomic E-state index is -0.540. The Balaban J connectivity index is 1.65. The van der Waals surface area contributed by atoms with E-state index >= 15 is 0 Å². The normalized spacial score (nSPS) is 10.5. The van der Waals surface area contributed by atoms with Crippen LogP contribution >= 0.6 is 0 Å². The number of carbonyl (C=O) groups is 2. The summed E-state index contributed by atoms with van der Waals surface area (Å²) < 4.78 is 14.8. The number of aryl methyl sites for hydroxylation is 1. The molecule has 0 spiro atoms. The molecule has 0 fully saturated rings. The van der Waals surface area contributed by atoms with E-state index in [1.807, 2.05) is 31.2 Å². The van der Waals surface area contributed by atoms with E-state index in [0.29, 0.717) is 16.9 Å². The molecule has 0 radical (unpaired) electrons. The summed E-state index contributed by atoms with van der Waals surface area (Å²) in [5.74, 6) is -1.41. The van der Waals surface area contributed by atoms with E-state index in [4.69, 9.17) is 0 Å². The number of carbonyl (C=O) groups excluding carboxylic acids is 2. The first kappa shape index (κ1) is 20.0. The Hall–Kier alpha value is -4.33. The van der Waals surface area contributed by atoms with Crippen molar-refractivity contribution in [3.63, 3.8) is 0 Å². The minimum absolute atomic E-state index is 0.251. The summed E-state index contributed by atoms with van der Waals surface area (Å²) in [7, 11) is 0. The lowest BCUT2D eigenvalue weighted by molar-refractivity contribution is 0.0847. The molecule has 0 saturated carbocycles. The number of rotatable bonds is 4. The fourth-order valence-electron chi connectivity index (χ4n) is 3.02. The molecular formula is C23H18FN5O2. The van der Waals surface area contributed by atoms with Crippen molar-refractivity contribution < 1.29 is 14.0 Å². The van der Waals surface area contributed by atoms with Gasteiger partial charge < -0.3 is 0 Å². The van der Waals surface area contributed by atoms with E-state index in [-0.39, 0.29) is 11.4 Å². The molecule has 2 heterocycles. The van der Waals surface area contributed by atoms with E-state index < -0.39 is 11.8 Å². The van der Waals surface area contributed by atoms with Crippen LogP contribution < -0.4 is 10.9 Å². The fraction of sp³-hybridized carbons (Fsp3) is 0.0435. The predicted octanol–water partition coefficient (Wildman–Crippen LogP) is 3.46. The molecule has 2 N–H and O–H groups in total. The first-order chi connectivity index (χ1) is 15.0. The molecule has 0 aliphatic carbocycles. The Kier molecular flexibility index (Phi) is 5.53. The summed E-state index contributed by atoms with van der Waals surface area (Å²) in [5.41, 5.74) is 8.12. The van der Waals surface area contributed by atoms with Gasteiger partial charge in [-0.2, -0.15) is 5.10 Å². The van der Waals surface area contributed by atoms with Crippen molar-refractivity contribution >= 4 is 11.8 Å². The maximum absolute atomic E-state index is 13.3. The lowest BCUT2D eigenvalue weighted by Gasteiger charge is -2.07. The van der Waals surface area contributed by atoms with Crippen LogP contribution in [0.5, 0.6) is 0 Å². The van der Waals surface area contributed by atoms with Gasteiger partial charge in [0.1, 0.15) is 11.5 Å². The summed E-state index contributed by atoms with van der Waals surface area (Å²) in [4.78, 5) is 29.0. The van der Waals surface area contributed by atoms with Crippen molar-refractivity contribution in [3.8, 4) is 16.9 Å². The molecule has 2 amide bonds. The Morgan fingerprint density at radius 2 is 1.74 bits per heavy atom. The highest BCUT2D eigenvalue weighted by Gasteiger charge is 2.19. The van der Waals surface area contributed by atoms with Crippen LogP contribution in [0.1, 0.15) is 26.3 Å². The molecule has 0 saturated heterocycles. The molecule has 4 aromatic rings. The first-order valence-corrected chi connectivity index (χ1v) is 9.44. The maximum Gasteiger partial charge on any atom is 0.273 e. The number of hydrazine groups is 1. The number of hydrogen-bond acceptors (Lipinski definition) is 4. The monoisotopic (exact) mass is 415 g/mol. The highest BCUT2D eigenvalue weighted by molar-refractivity contribution is 6.02. The molecule has 2 aromatic carbocycles. The summed E-state index contributed by atoms with van der Waals surface area (Å²) in [6, 6.07) is 16.5. The Morgan fingerprint density at radius 1 is 0.968 bits per heavy atom. The molecule has 0 aliphatic rings. The van der Waals surface area contributed by atoms with Crippen LogP contribution in [0, 0.1) is 12.7 Å². The number of halogens is 1. The number of aromatic nitrogens is 3. The SMILES string of the molecule is Cc1cccc(-c2nn(-c3ccc(F)cc3)cc2C(=O)NNC(=O)c2cccnc2)c1. The van der Waals surface area contributed by atoms with Crippen LogP contribution in [-0.2, 0) is 0 Å². The van der Waals surface area contributed by atoms with E-state index in [1.54, 1.807) is 30.5 Å². The summed E-state index contributed by atoms with van der Waals surface area (Å²) in [6.07, 6.45) is 4.48. The zero-order chi connectivity index (χ0) is 21.8. The van der Waals surface area contributed by atoms with Gasteiger partial charge in [0.05, 0.1) is 16.8 Å². The number of benzene rings is 2. The van der Waals surface area contributed by atoms with Gasteiger partial charge in [-0.15, -0.1) is 0 Å². The predicted molar refractivity (Wildman–Crippen MR) is 113 cm³/mol. The van der Waals surface area contributed by atoms with Gasteiger partial charge >= 0.3 is 0 Å². The Morgan fingerprint density at radius 3 is 2.45 bits per heavy atom. The quantitative estimate of drug-likeness (QED) is 0.500. The molecule has 154 valence electrons. The van der Waals surface area contributed by atoms with Gasteiger partial charge in [0.25, 0.3) is 11.8 Å². The van der Waals surface area contributed by atoms with Gasteiger partial charge in [0, 0.05) is 24.2 Å². The molecule has 7 nitrogen and oxygen atoms in total. The number of amides is 2. The van der Waals surface area contributed by atoms with Crippen molar-refractivity contribution in [2.45, 2.75) is 6.92 Å². The molecule has 4 rings (SSSR count). The average Bonchev–Trinajstić information content (AvgIpc) is 3.24. The Labute approximate surface area is 177 Å². The fourth-order valence-corrected chi connectivity index (χ4v) is 3.02. The molecule has 0 aliphatic heterocycles. The minimum Gasteiger partial charge on any atom is -0.267 e. The second-order valence-corrected chi connectivity index (χ2v) is 6.83. The van der Waals surface area contributed by atoms with E-state index in [2.05, 4.69) is 20.9 Å². The molecular weight excluding hydrogens is 397 g/mol. The highest BCUT2D eigenvalue weighted by Crippen LogP contribution is 2.24. The van der Waals surface area contributed by atoms with Crippen molar-refractivity contribution in [1.82, 2.24) is 25.6 Å².